The quantitative estimate of drug-likeness (QED) is 0.847. The number of ether oxygens (including phenoxy) is 1. The fourth-order valence-electron chi connectivity index (χ4n) is 2.66. The third-order valence-corrected chi connectivity index (χ3v) is 4.01. The lowest BCUT2D eigenvalue weighted by molar-refractivity contribution is -0.149. The van der Waals surface area contributed by atoms with Crippen molar-refractivity contribution in [2.24, 2.45) is 5.92 Å². The van der Waals surface area contributed by atoms with Crippen molar-refractivity contribution in [3.05, 3.63) is 35.6 Å². The van der Waals surface area contributed by atoms with Gasteiger partial charge in [0.2, 0.25) is 0 Å². The zero-order chi connectivity index (χ0) is 16.7. The molecule has 1 aromatic rings. The first kappa shape index (κ1) is 17.2. The van der Waals surface area contributed by atoms with Crippen molar-refractivity contribution in [2.75, 3.05) is 26.2 Å². The van der Waals surface area contributed by atoms with Crippen molar-refractivity contribution in [2.45, 2.75) is 26.2 Å². The number of rotatable bonds is 5. The number of benzene rings is 1. The Bertz CT molecular complexity index is 525. The van der Waals surface area contributed by atoms with Gasteiger partial charge in [0.25, 0.3) is 0 Å². The van der Waals surface area contributed by atoms with E-state index in [-0.39, 0.29) is 23.7 Å². The van der Waals surface area contributed by atoms with Crippen LogP contribution in [0.4, 0.5) is 9.18 Å². The number of urea groups is 1. The Balaban J connectivity index is 1.68. The zero-order valence-electron chi connectivity index (χ0n) is 13.4. The first-order chi connectivity index (χ1) is 11.1. The van der Waals surface area contributed by atoms with E-state index in [1.165, 1.54) is 12.1 Å². The molecule has 6 heteroatoms. The minimum Gasteiger partial charge on any atom is -0.466 e. The molecule has 0 unspecified atom stereocenters. The van der Waals surface area contributed by atoms with Gasteiger partial charge in [0, 0.05) is 19.6 Å². The molecular formula is C17H23FN2O3. The lowest BCUT2D eigenvalue weighted by Crippen LogP contribution is -2.46. The van der Waals surface area contributed by atoms with E-state index in [4.69, 9.17) is 4.74 Å². The van der Waals surface area contributed by atoms with Crippen LogP contribution in [0.25, 0.3) is 0 Å². The Kier molecular flexibility index (Phi) is 6.38. The molecule has 0 aromatic heterocycles. The van der Waals surface area contributed by atoms with Crippen LogP contribution in [0.5, 0.6) is 0 Å². The number of carbonyl (C=O) groups is 2. The van der Waals surface area contributed by atoms with Crippen molar-refractivity contribution >= 4 is 12.0 Å². The van der Waals surface area contributed by atoms with E-state index >= 15 is 0 Å². The fourth-order valence-corrected chi connectivity index (χ4v) is 2.66. The normalized spacial score (nSPS) is 15.3. The summed E-state index contributed by atoms with van der Waals surface area (Å²) in [7, 11) is 0. The molecule has 1 aromatic carbocycles. The molecule has 1 N–H and O–H groups in total. The highest BCUT2D eigenvalue weighted by atomic mass is 19.1. The van der Waals surface area contributed by atoms with Crippen molar-refractivity contribution in [3.8, 4) is 0 Å². The molecule has 0 radical (unpaired) electrons. The molecule has 0 atom stereocenters. The van der Waals surface area contributed by atoms with Crippen LogP contribution in [0.1, 0.15) is 25.3 Å². The van der Waals surface area contributed by atoms with Gasteiger partial charge in [0.05, 0.1) is 12.5 Å². The summed E-state index contributed by atoms with van der Waals surface area (Å²) in [4.78, 5) is 25.5. The van der Waals surface area contributed by atoms with Gasteiger partial charge in [0.1, 0.15) is 5.82 Å². The van der Waals surface area contributed by atoms with E-state index in [0.717, 1.165) is 5.56 Å². The van der Waals surface area contributed by atoms with Crippen molar-refractivity contribution < 1.29 is 18.7 Å². The van der Waals surface area contributed by atoms with Crippen LogP contribution in [0.3, 0.4) is 0 Å². The van der Waals surface area contributed by atoms with Gasteiger partial charge < -0.3 is 15.0 Å². The summed E-state index contributed by atoms with van der Waals surface area (Å²) in [6, 6.07) is 6.14. The summed E-state index contributed by atoms with van der Waals surface area (Å²) in [5.41, 5.74) is 0.979. The van der Waals surface area contributed by atoms with Gasteiger partial charge in [-0.1, -0.05) is 12.1 Å². The molecule has 0 spiro atoms. The maximum atomic E-state index is 12.8. The van der Waals surface area contributed by atoms with Gasteiger partial charge >= 0.3 is 12.0 Å². The number of carbonyl (C=O) groups excluding carboxylic acids is 2. The Morgan fingerprint density at radius 2 is 1.91 bits per heavy atom. The summed E-state index contributed by atoms with van der Waals surface area (Å²) in [5.74, 6) is -0.524. The number of piperidine rings is 1. The first-order valence-corrected chi connectivity index (χ1v) is 8.04. The molecule has 0 saturated carbocycles. The zero-order valence-corrected chi connectivity index (χ0v) is 13.4. The van der Waals surface area contributed by atoms with E-state index in [0.29, 0.717) is 45.5 Å². The molecule has 1 saturated heterocycles. The summed E-state index contributed by atoms with van der Waals surface area (Å²) in [6.45, 7) is 3.81. The molecule has 2 amide bonds. The molecule has 1 aliphatic rings. The maximum Gasteiger partial charge on any atom is 0.317 e. The fraction of sp³-hybridized carbons (Fsp3) is 0.529. The highest BCUT2D eigenvalue weighted by Crippen LogP contribution is 2.18. The average molecular weight is 322 g/mol. The number of likely N-dealkylation sites (tertiary alicyclic amines) is 1. The van der Waals surface area contributed by atoms with Crippen molar-refractivity contribution in [3.63, 3.8) is 0 Å². The van der Waals surface area contributed by atoms with Crippen LogP contribution < -0.4 is 5.32 Å². The van der Waals surface area contributed by atoms with E-state index < -0.39 is 0 Å². The second kappa shape index (κ2) is 8.50. The Morgan fingerprint density at radius 1 is 1.26 bits per heavy atom. The Morgan fingerprint density at radius 3 is 2.52 bits per heavy atom. The van der Waals surface area contributed by atoms with Gasteiger partial charge in [-0.15, -0.1) is 0 Å². The van der Waals surface area contributed by atoms with Gasteiger partial charge in [-0.3, -0.25) is 4.79 Å². The smallest absolute Gasteiger partial charge is 0.317 e. The number of nitrogens with zero attached hydrogens (tertiary/aromatic N) is 1. The Hall–Kier alpha value is -2.11. The Labute approximate surface area is 135 Å². The van der Waals surface area contributed by atoms with Crippen LogP contribution in [0.2, 0.25) is 0 Å². The van der Waals surface area contributed by atoms with Crippen molar-refractivity contribution in [1.82, 2.24) is 10.2 Å². The van der Waals surface area contributed by atoms with Crippen LogP contribution in [0.15, 0.2) is 24.3 Å². The van der Waals surface area contributed by atoms with Gasteiger partial charge in [-0.25, -0.2) is 9.18 Å². The summed E-state index contributed by atoms with van der Waals surface area (Å²) < 4.78 is 17.8. The van der Waals surface area contributed by atoms with Crippen LogP contribution in [-0.2, 0) is 16.0 Å². The number of hydrogen-bond acceptors (Lipinski definition) is 3. The number of hydrogen-bond donors (Lipinski definition) is 1. The molecular weight excluding hydrogens is 299 g/mol. The third kappa shape index (κ3) is 5.23. The number of amides is 2. The summed E-state index contributed by atoms with van der Waals surface area (Å²) in [5, 5.41) is 2.86. The molecule has 0 aliphatic carbocycles. The van der Waals surface area contributed by atoms with Gasteiger partial charge in [-0.2, -0.15) is 0 Å². The monoisotopic (exact) mass is 322 g/mol. The van der Waals surface area contributed by atoms with E-state index in [9.17, 15) is 14.0 Å². The minimum atomic E-state index is -0.262. The number of nitrogens with one attached hydrogen (secondary N) is 1. The molecule has 1 aliphatic heterocycles. The highest BCUT2D eigenvalue weighted by molar-refractivity contribution is 5.76. The van der Waals surface area contributed by atoms with E-state index in [1.54, 1.807) is 24.0 Å². The number of esters is 1. The summed E-state index contributed by atoms with van der Waals surface area (Å²) in [6.07, 6.45) is 1.94. The third-order valence-electron chi connectivity index (χ3n) is 4.01. The topological polar surface area (TPSA) is 58.6 Å². The maximum absolute atomic E-state index is 12.8. The number of halogens is 1. The van der Waals surface area contributed by atoms with E-state index in [2.05, 4.69) is 5.32 Å². The van der Waals surface area contributed by atoms with E-state index in [1.807, 2.05) is 0 Å². The molecule has 126 valence electrons. The molecule has 2 rings (SSSR count). The molecule has 5 nitrogen and oxygen atoms in total. The van der Waals surface area contributed by atoms with Gasteiger partial charge in [-0.05, 0) is 43.9 Å². The van der Waals surface area contributed by atoms with Crippen LogP contribution in [-0.4, -0.2) is 43.1 Å². The second-order valence-corrected chi connectivity index (χ2v) is 5.62. The molecule has 1 heterocycles. The molecule has 0 bridgehead atoms. The molecule has 23 heavy (non-hydrogen) atoms. The summed E-state index contributed by atoms with van der Waals surface area (Å²) >= 11 is 0. The van der Waals surface area contributed by atoms with Crippen LogP contribution >= 0.6 is 0 Å². The van der Waals surface area contributed by atoms with Crippen LogP contribution in [0, 0.1) is 11.7 Å². The largest absolute Gasteiger partial charge is 0.466 e. The average Bonchev–Trinajstić information content (AvgIpc) is 2.57. The first-order valence-electron chi connectivity index (χ1n) is 8.04. The lowest BCUT2D eigenvalue weighted by Gasteiger charge is -2.30. The minimum absolute atomic E-state index is 0.0989. The van der Waals surface area contributed by atoms with Crippen molar-refractivity contribution in [1.29, 1.82) is 0 Å². The lowest BCUT2D eigenvalue weighted by atomic mass is 9.97. The standard InChI is InChI=1S/C17H23FN2O3/c1-2-23-16(21)14-8-11-20(12-9-14)17(22)19-10-7-13-3-5-15(18)6-4-13/h3-6,14H,2,7-12H2,1H3,(H,19,22). The SMILES string of the molecule is CCOC(=O)C1CCN(C(=O)NCCc2ccc(F)cc2)CC1. The predicted molar refractivity (Wildman–Crippen MR) is 84.4 cm³/mol. The molecule has 1 fully saturated rings. The van der Waals surface area contributed by atoms with Gasteiger partial charge in [0.15, 0.2) is 0 Å². The highest BCUT2D eigenvalue weighted by Gasteiger charge is 2.27. The predicted octanol–water partition coefficient (Wildman–Crippen LogP) is 2.35. The second-order valence-electron chi connectivity index (χ2n) is 5.62.